The maximum absolute atomic E-state index is 6.01. The van der Waals surface area contributed by atoms with Crippen LogP contribution in [0.25, 0.3) is 10.9 Å². The molecule has 3 rings (SSSR count). The lowest BCUT2D eigenvalue weighted by atomic mass is 9.93. The molecule has 1 saturated carbocycles. The highest BCUT2D eigenvalue weighted by molar-refractivity contribution is 5.79. The summed E-state index contributed by atoms with van der Waals surface area (Å²) in [5.74, 6) is 0. The van der Waals surface area contributed by atoms with E-state index in [1.54, 1.807) is 0 Å². The van der Waals surface area contributed by atoms with Crippen LogP contribution in [0.4, 0.5) is 0 Å². The number of rotatable bonds is 4. The minimum atomic E-state index is 0.249. The van der Waals surface area contributed by atoms with Crippen molar-refractivity contribution in [3.63, 3.8) is 0 Å². The molecule has 21 heavy (non-hydrogen) atoms. The molecule has 1 aliphatic rings. The summed E-state index contributed by atoms with van der Waals surface area (Å²) >= 11 is 0. The topological polar surface area (TPSA) is 50.9 Å². The lowest BCUT2D eigenvalue weighted by Gasteiger charge is -2.28. The van der Waals surface area contributed by atoms with Gasteiger partial charge in [-0.3, -0.25) is 4.98 Å². The predicted octanol–water partition coefficient (Wildman–Crippen LogP) is 3.47. The Morgan fingerprint density at radius 1 is 1.19 bits per heavy atom. The lowest BCUT2D eigenvalue weighted by molar-refractivity contribution is 0.340. The van der Waals surface area contributed by atoms with Gasteiger partial charge in [0, 0.05) is 29.7 Å². The van der Waals surface area contributed by atoms with E-state index in [-0.39, 0.29) is 6.04 Å². The first-order valence-electron chi connectivity index (χ1n) is 8.09. The molecular formula is C18H25N3. The van der Waals surface area contributed by atoms with Gasteiger partial charge in [-0.15, -0.1) is 0 Å². The van der Waals surface area contributed by atoms with Crippen molar-refractivity contribution in [2.75, 3.05) is 6.54 Å². The Balaban J connectivity index is 1.80. The number of aromatic nitrogens is 1. The molecule has 1 aliphatic carbocycles. The minimum absolute atomic E-state index is 0.249. The van der Waals surface area contributed by atoms with Gasteiger partial charge in [-0.25, -0.2) is 0 Å². The maximum Gasteiger partial charge on any atom is 0.0705 e. The molecule has 0 spiro atoms. The van der Waals surface area contributed by atoms with E-state index in [0.717, 1.165) is 11.2 Å². The number of aryl methyl sites for hydroxylation is 1. The Hall–Kier alpha value is -1.45. The van der Waals surface area contributed by atoms with Crippen molar-refractivity contribution in [3.8, 4) is 0 Å². The molecule has 1 atom stereocenters. The second-order valence-electron chi connectivity index (χ2n) is 6.19. The third-order valence-electron chi connectivity index (χ3n) is 4.53. The molecule has 112 valence electrons. The smallest absolute Gasteiger partial charge is 0.0705 e. The summed E-state index contributed by atoms with van der Waals surface area (Å²) in [4.78, 5) is 4.57. The zero-order valence-electron chi connectivity index (χ0n) is 12.8. The Kier molecular flexibility index (Phi) is 4.51. The molecule has 3 heteroatoms. The van der Waals surface area contributed by atoms with Gasteiger partial charge in [0.25, 0.3) is 0 Å². The van der Waals surface area contributed by atoms with Crippen molar-refractivity contribution >= 4 is 10.9 Å². The fourth-order valence-electron chi connectivity index (χ4n) is 3.32. The molecule has 1 aromatic heterocycles. The van der Waals surface area contributed by atoms with E-state index in [1.165, 1.54) is 43.1 Å². The van der Waals surface area contributed by atoms with Gasteiger partial charge in [0.05, 0.1) is 5.52 Å². The van der Waals surface area contributed by atoms with E-state index in [1.807, 2.05) is 6.92 Å². The molecule has 0 bridgehead atoms. The van der Waals surface area contributed by atoms with Crippen LogP contribution >= 0.6 is 0 Å². The first kappa shape index (κ1) is 14.5. The minimum Gasteiger partial charge on any atom is -0.329 e. The van der Waals surface area contributed by atoms with E-state index in [4.69, 9.17) is 5.73 Å². The van der Waals surface area contributed by atoms with E-state index < -0.39 is 0 Å². The predicted molar refractivity (Wildman–Crippen MR) is 88.3 cm³/mol. The molecule has 1 fully saturated rings. The molecule has 0 saturated heterocycles. The summed E-state index contributed by atoms with van der Waals surface area (Å²) < 4.78 is 0. The van der Waals surface area contributed by atoms with Crippen LogP contribution in [0.5, 0.6) is 0 Å². The van der Waals surface area contributed by atoms with E-state index in [2.05, 4.69) is 40.6 Å². The largest absolute Gasteiger partial charge is 0.329 e. The Bertz CT molecular complexity index is 602. The molecule has 1 heterocycles. The number of hydrogen-bond acceptors (Lipinski definition) is 3. The van der Waals surface area contributed by atoms with Gasteiger partial charge in [0.1, 0.15) is 0 Å². The third-order valence-corrected chi connectivity index (χ3v) is 4.53. The summed E-state index contributed by atoms with van der Waals surface area (Å²) in [6.07, 6.45) is 6.63. The van der Waals surface area contributed by atoms with Crippen molar-refractivity contribution in [2.24, 2.45) is 5.73 Å². The van der Waals surface area contributed by atoms with Gasteiger partial charge in [0.2, 0.25) is 0 Å². The van der Waals surface area contributed by atoms with E-state index >= 15 is 0 Å². The number of nitrogens with one attached hydrogen (secondary N) is 1. The average Bonchev–Trinajstić information content (AvgIpc) is 2.53. The van der Waals surface area contributed by atoms with Crippen LogP contribution in [0.3, 0.4) is 0 Å². The number of nitrogens with zero attached hydrogens (tertiary/aromatic N) is 1. The lowest BCUT2D eigenvalue weighted by Crippen LogP contribution is -2.37. The highest BCUT2D eigenvalue weighted by atomic mass is 15.0. The summed E-state index contributed by atoms with van der Waals surface area (Å²) in [7, 11) is 0. The van der Waals surface area contributed by atoms with Gasteiger partial charge < -0.3 is 11.1 Å². The van der Waals surface area contributed by atoms with Crippen molar-refractivity contribution in [1.82, 2.24) is 10.3 Å². The fraction of sp³-hybridized carbons (Fsp3) is 0.500. The zero-order chi connectivity index (χ0) is 14.7. The van der Waals surface area contributed by atoms with Gasteiger partial charge in [-0.1, -0.05) is 31.4 Å². The second-order valence-corrected chi connectivity index (χ2v) is 6.19. The maximum atomic E-state index is 6.01. The molecular weight excluding hydrogens is 258 g/mol. The van der Waals surface area contributed by atoms with Crippen molar-refractivity contribution in [3.05, 3.63) is 41.6 Å². The van der Waals surface area contributed by atoms with Gasteiger partial charge >= 0.3 is 0 Å². The molecule has 0 amide bonds. The number of pyridine rings is 1. The van der Waals surface area contributed by atoms with Crippen molar-refractivity contribution < 1.29 is 0 Å². The van der Waals surface area contributed by atoms with Crippen LogP contribution in [0.2, 0.25) is 0 Å². The Morgan fingerprint density at radius 2 is 2.00 bits per heavy atom. The van der Waals surface area contributed by atoms with Gasteiger partial charge in [-0.2, -0.15) is 0 Å². The fourth-order valence-corrected chi connectivity index (χ4v) is 3.32. The highest BCUT2D eigenvalue weighted by Crippen LogP contribution is 2.23. The zero-order valence-corrected chi connectivity index (χ0v) is 12.8. The van der Waals surface area contributed by atoms with Crippen LogP contribution in [0.1, 0.15) is 49.4 Å². The van der Waals surface area contributed by atoms with Crippen molar-refractivity contribution in [1.29, 1.82) is 0 Å². The Labute approximate surface area is 127 Å². The summed E-state index contributed by atoms with van der Waals surface area (Å²) in [6, 6.07) is 11.6. The Morgan fingerprint density at radius 3 is 2.76 bits per heavy atom. The number of hydrogen-bond donors (Lipinski definition) is 2. The van der Waals surface area contributed by atoms with Crippen LogP contribution in [0, 0.1) is 6.92 Å². The summed E-state index contributed by atoms with van der Waals surface area (Å²) in [6.45, 7) is 2.67. The van der Waals surface area contributed by atoms with Crippen molar-refractivity contribution in [2.45, 2.75) is 51.1 Å². The average molecular weight is 283 g/mol. The van der Waals surface area contributed by atoms with Gasteiger partial charge in [0.15, 0.2) is 0 Å². The summed E-state index contributed by atoms with van der Waals surface area (Å²) in [5.41, 5.74) is 9.41. The second kappa shape index (κ2) is 6.54. The highest BCUT2D eigenvalue weighted by Gasteiger charge is 2.18. The van der Waals surface area contributed by atoms with E-state index in [0.29, 0.717) is 12.6 Å². The number of nitrogens with two attached hydrogens (primary N) is 1. The molecule has 1 aromatic carbocycles. The van der Waals surface area contributed by atoms with Gasteiger partial charge in [-0.05, 0) is 43.5 Å². The molecule has 1 unspecified atom stereocenters. The molecule has 2 aromatic rings. The van der Waals surface area contributed by atoms with E-state index in [9.17, 15) is 0 Å². The quantitative estimate of drug-likeness (QED) is 0.903. The number of benzene rings is 1. The number of fused-ring (bicyclic) bond motifs is 1. The first-order valence-corrected chi connectivity index (χ1v) is 8.09. The molecule has 0 aliphatic heterocycles. The van der Waals surface area contributed by atoms with Crippen LogP contribution in [-0.2, 0) is 0 Å². The van der Waals surface area contributed by atoms with Crippen LogP contribution < -0.4 is 11.1 Å². The normalized spacial score (nSPS) is 18.0. The monoisotopic (exact) mass is 283 g/mol. The standard InChI is InChI=1S/C18H25N3/c1-13-7-8-14-11-15(9-10-17(14)20-13)18(12-19)21-16-5-3-2-4-6-16/h7-11,16,18,21H,2-6,12,19H2,1H3. The third kappa shape index (κ3) is 3.42. The molecule has 3 N–H and O–H groups in total. The van der Waals surface area contributed by atoms with Crippen LogP contribution in [-0.4, -0.2) is 17.6 Å². The SMILES string of the molecule is Cc1ccc2cc(C(CN)NC3CCCCC3)ccc2n1. The molecule has 3 nitrogen and oxygen atoms in total. The molecule has 0 radical (unpaired) electrons. The van der Waals surface area contributed by atoms with Crippen LogP contribution in [0.15, 0.2) is 30.3 Å². The summed E-state index contributed by atoms with van der Waals surface area (Å²) in [5, 5.41) is 4.95. The first-order chi connectivity index (χ1) is 10.3.